The van der Waals surface area contributed by atoms with Gasteiger partial charge in [0.05, 0.1) is 5.75 Å². The molecule has 1 heterocycles. The highest BCUT2D eigenvalue weighted by molar-refractivity contribution is 7.89. The summed E-state index contributed by atoms with van der Waals surface area (Å²) in [6.07, 6.45) is 1.10. The number of carbonyl (C=O) groups excluding carboxylic acids is 1. The highest BCUT2D eigenvalue weighted by Crippen LogP contribution is 2.21. The van der Waals surface area contributed by atoms with Gasteiger partial charge in [-0.3, -0.25) is 4.79 Å². The Labute approximate surface area is 159 Å². The summed E-state index contributed by atoms with van der Waals surface area (Å²) in [6.45, 7) is 1.23. The fourth-order valence-electron chi connectivity index (χ4n) is 3.02. The van der Waals surface area contributed by atoms with Crippen LogP contribution in [-0.2, 0) is 23.0 Å². The number of hydrogen-bond donors (Lipinski definition) is 1. The lowest BCUT2D eigenvalue weighted by molar-refractivity contribution is 0.0953. The molecule has 0 bridgehead atoms. The van der Waals surface area contributed by atoms with Crippen LogP contribution < -0.4 is 5.32 Å². The topological polar surface area (TPSA) is 66.5 Å². The van der Waals surface area contributed by atoms with Crippen molar-refractivity contribution < 1.29 is 13.2 Å². The first-order valence-electron chi connectivity index (χ1n) is 8.54. The van der Waals surface area contributed by atoms with Gasteiger partial charge in [0.15, 0.2) is 0 Å². The van der Waals surface area contributed by atoms with Crippen LogP contribution in [0.2, 0.25) is 5.02 Å². The maximum Gasteiger partial charge on any atom is 0.251 e. The summed E-state index contributed by atoms with van der Waals surface area (Å²) in [5.74, 6) is -0.234. The number of carbonyl (C=O) groups is 1. The number of halogens is 1. The summed E-state index contributed by atoms with van der Waals surface area (Å²) >= 11 is 5.87. The minimum Gasteiger partial charge on any atom is -0.352 e. The van der Waals surface area contributed by atoms with Crippen molar-refractivity contribution in [2.24, 2.45) is 0 Å². The zero-order valence-corrected chi connectivity index (χ0v) is 15.9. The molecule has 3 rings (SSSR count). The van der Waals surface area contributed by atoms with E-state index in [-0.39, 0.29) is 11.7 Å². The molecule has 1 aliphatic heterocycles. The van der Waals surface area contributed by atoms with Crippen molar-refractivity contribution in [2.45, 2.75) is 19.4 Å². The van der Waals surface area contributed by atoms with E-state index in [0.29, 0.717) is 36.6 Å². The quantitative estimate of drug-likeness (QED) is 0.768. The third kappa shape index (κ3) is 4.63. The molecule has 0 saturated carbocycles. The zero-order valence-electron chi connectivity index (χ0n) is 14.3. The van der Waals surface area contributed by atoms with Gasteiger partial charge in [-0.1, -0.05) is 41.9 Å². The van der Waals surface area contributed by atoms with Crippen LogP contribution in [0.4, 0.5) is 0 Å². The molecule has 138 valence electrons. The molecule has 0 aliphatic carbocycles. The van der Waals surface area contributed by atoms with E-state index in [9.17, 15) is 13.2 Å². The van der Waals surface area contributed by atoms with E-state index in [0.717, 1.165) is 12.0 Å². The van der Waals surface area contributed by atoms with E-state index in [1.54, 1.807) is 24.3 Å². The lowest BCUT2D eigenvalue weighted by atomic mass is 10.0. The fraction of sp³-hybridized carbons (Fsp3) is 0.316. The Kier molecular flexibility index (Phi) is 5.96. The molecular formula is C19H21ClN2O3S. The van der Waals surface area contributed by atoms with Crippen LogP contribution in [0.5, 0.6) is 0 Å². The minimum absolute atomic E-state index is 0.0188. The van der Waals surface area contributed by atoms with E-state index in [4.69, 9.17) is 11.6 Å². The monoisotopic (exact) mass is 392 g/mol. The molecule has 0 spiro atoms. The molecule has 0 fully saturated rings. The summed E-state index contributed by atoms with van der Waals surface area (Å²) in [5, 5.41) is 3.23. The maximum absolute atomic E-state index is 12.6. The van der Waals surface area contributed by atoms with Crippen molar-refractivity contribution in [3.05, 3.63) is 70.2 Å². The minimum atomic E-state index is -3.33. The van der Waals surface area contributed by atoms with Crippen molar-refractivity contribution >= 4 is 27.5 Å². The van der Waals surface area contributed by atoms with Gasteiger partial charge in [-0.15, -0.1) is 0 Å². The van der Waals surface area contributed by atoms with Gasteiger partial charge in [0, 0.05) is 30.2 Å². The number of nitrogens with zero attached hydrogens (tertiary/aromatic N) is 1. The number of nitrogens with one attached hydrogen (secondary N) is 1. The first-order valence-corrected chi connectivity index (χ1v) is 10.5. The van der Waals surface area contributed by atoms with Gasteiger partial charge in [0.1, 0.15) is 0 Å². The number of hydrogen-bond acceptors (Lipinski definition) is 3. The van der Waals surface area contributed by atoms with Gasteiger partial charge in [0.2, 0.25) is 10.0 Å². The third-order valence-electron chi connectivity index (χ3n) is 4.44. The van der Waals surface area contributed by atoms with Crippen LogP contribution in [0.15, 0.2) is 48.5 Å². The number of fused-ring (bicyclic) bond motifs is 1. The van der Waals surface area contributed by atoms with Crippen molar-refractivity contribution in [3.63, 3.8) is 0 Å². The van der Waals surface area contributed by atoms with Gasteiger partial charge in [-0.25, -0.2) is 8.42 Å². The first-order chi connectivity index (χ1) is 12.5. The highest BCUT2D eigenvalue weighted by Gasteiger charge is 2.26. The molecule has 0 unspecified atom stereocenters. The van der Waals surface area contributed by atoms with Gasteiger partial charge >= 0.3 is 0 Å². The SMILES string of the molecule is O=C(NCCCS(=O)(=O)N1CCc2ccccc2C1)c1cccc(Cl)c1. The fourth-order valence-corrected chi connectivity index (χ4v) is 4.69. The van der Waals surface area contributed by atoms with Gasteiger partial charge in [0.25, 0.3) is 5.91 Å². The van der Waals surface area contributed by atoms with Crippen molar-refractivity contribution in [2.75, 3.05) is 18.8 Å². The summed E-state index contributed by atoms with van der Waals surface area (Å²) < 4.78 is 26.6. The first kappa shape index (κ1) is 18.9. The van der Waals surface area contributed by atoms with Gasteiger partial charge in [-0.05, 0) is 42.2 Å². The number of benzene rings is 2. The molecule has 1 aliphatic rings. The molecular weight excluding hydrogens is 372 g/mol. The van der Waals surface area contributed by atoms with E-state index in [2.05, 4.69) is 5.32 Å². The molecule has 2 aromatic rings. The van der Waals surface area contributed by atoms with Crippen LogP contribution >= 0.6 is 11.6 Å². The summed E-state index contributed by atoms with van der Waals surface area (Å²) in [6, 6.07) is 14.6. The van der Waals surface area contributed by atoms with Crippen molar-refractivity contribution in [1.82, 2.24) is 9.62 Å². The Bertz CT molecular complexity index is 899. The molecule has 0 radical (unpaired) electrons. The average Bonchev–Trinajstić information content (AvgIpc) is 2.64. The Balaban J connectivity index is 1.49. The summed E-state index contributed by atoms with van der Waals surface area (Å²) in [7, 11) is -3.33. The average molecular weight is 393 g/mol. The number of amides is 1. The lowest BCUT2D eigenvalue weighted by Crippen LogP contribution is -2.38. The van der Waals surface area contributed by atoms with E-state index in [1.807, 2.05) is 24.3 Å². The largest absolute Gasteiger partial charge is 0.352 e. The predicted octanol–water partition coefficient (Wildman–Crippen LogP) is 2.85. The maximum atomic E-state index is 12.6. The van der Waals surface area contributed by atoms with Crippen LogP contribution in [0.3, 0.4) is 0 Å². The zero-order chi connectivity index (χ0) is 18.6. The molecule has 7 heteroatoms. The Morgan fingerprint density at radius 3 is 2.65 bits per heavy atom. The van der Waals surface area contributed by atoms with Crippen molar-refractivity contribution in [1.29, 1.82) is 0 Å². The van der Waals surface area contributed by atoms with Crippen LogP contribution in [0, 0.1) is 0 Å². The number of sulfonamides is 1. The molecule has 1 N–H and O–H groups in total. The highest BCUT2D eigenvalue weighted by atomic mass is 35.5. The second-order valence-corrected chi connectivity index (χ2v) is 8.81. The van der Waals surface area contributed by atoms with Crippen LogP contribution in [0.25, 0.3) is 0 Å². The van der Waals surface area contributed by atoms with E-state index in [1.165, 1.54) is 9.87 Å². The molecule has 0 atom stereocenters. The number of rotatable bonds is 6. The molecule has 0 saturated heterocycles. The normalized spacial score (nSPS) is 14.7. The van der Waals surface area contributed by atoms with Crippen LogP contribution in [-0.4, -0.2) is 37.5 Å². The van der Waals surface area contributed by atoms with E-state index < -0.39 is 10.0 Å². The third-order valence-corrected chi connectivity index (χ3v) is 6.58. The summed E-state index contributed by atoms with van der Waals surface area (Å²) in [4.78, 5) is 12.0. The smallest absolute Gasteiger partial charge is 0.251 e. The standard InChI is InChI=1S/C19H21ClN2O3S/c20-18-8-3-7-16(13-18)19(23)21-10-4-12-26(24,25)22-11-9-15-5-1-2-6-17(15)14-22/h1-3,5-8,13H,4,9-12,14H2,(H,21,23). The molecule has 5 nitrogen and oxygen atoms in total. The van der Waals surface area contributed by atoms with Gasteiger partial charge in [-0.2, -0.15) is 4.31 Å². The molecule has 2 aromatic carbocycles. The second-order valence-electron chi connectivity index (χ2n) is 6.29. The molecule has 0 aromatic heterocycles. The lowest BCUT2D eigenvalue weighted by Gasteiger charge is -2.28. The Morgan fingerprint density at radius 2 is 1.88 bits per heavy atom. The van der Waals surface area contributed by atoms with Crippen molar-refractivity contribution in [3.8, 4) is 0 Å². The molecule has 26 heavy (non-hydrogen) atoms. The van der Waals surface area contributed by atoms with E-state index >= 15 is 0 Å². The predicted molar refractivity (Wildman–Crippen MR) is 103 cm³/mol. The molecule has 1 amide bonds. The summed E-state index contributed by atoms with van der Waals surface area (Å²) in [5.41, 5.74) is 2.75. The van der Waals surface area contributed by atoms with Crippen LogP contribution in [0.1, 0.15) is 27.9 Å². The van der Waals surface area contributed by atoms with Gasteiger partial charge < -0.3 is 5.32 Å². The Hall–Kier alpha value is -1.89. The second kappa shape index (κ2) is 8.20. The Morgan fingerprint density at radius 1 is 1.12 bits per heavy atom.